The highest BCUT2D eigenvalue weighted by Crippen LogP contribution is 2.24. The first kappa shape index (κ1) is 27.4. The number of aliphatic hydroxyl groups is 2. The van der Waals surface area contributed by atoms with Crippen molar-refractivity contribution >= 4 is 0 Å². The zero-order valence-electron chi connectivity index (χ0n) is 19.3. The number of aliphatic hydroxyl groups excluding tert-OH is 2. The molecule has 0 aromatic carbocycles. The molecule has 0 aliphatic carbocycles. The van der Waals surface area contributed by atoms with Gasteiger partial charge in [0.2, 0.25) is 0 Å². The summed E-state index contributed by atoms with van der Waals surface area (Å²) in [4.78, 5) is 0. The molecule has 3 heteroatoms. The Morgan fingerprint density at radius 3 is 2.07 bits per heavy atom. The van der Waals surface area contributed by atoms with Crippen LogP contribution in [0, 0.1) is 11.3 Å². The predicted octanol–water partition coefficient (Wildman–Crippen LogP) is 6.79. The van der Waals surface area contributed by atoms with Crippen LogP contribution >= 0.6 is 0 Å². The molecule has 0 spiro atoms. The maximum absolute atomic E-state index is 9.81. The van der Waals surface area contributed by atoms with Crippen LogP contribution in [0.3, 0.4) is 0 Å². The van der Waals surface area contributed by atoms with E-state index in [0.29, 0.717) is 5.92 Å². The highest BCUT2D eigenvalue weighted by Gasteiger charge is 2.16. The zero-order valence-corrected chi connectivity index (χ0v) is 19.3. The van der Waals surface area contributed by atoms with E-state index >= 15 is 0 Å². The topological polar surface area (TPSA) is 49.7 Å². The minimum Gasteiger partial charge on any atom is -0.395 e. The lowest BCUT2D eigenvalue weighted by Gasteiger charge is -2.20. The molecule has 0 bridgehead atoms. The first-order chi connectivity index (χ1) is 13.4. The average molecular weight is 397 g/mol. The van der Waals surface area contributed by atoms with Gasteiger partial charge in [-0.15, -0.1) is 0 Å². The number of hydrogen-bond donors (Lipinski definition) is 2. The van der Waals surface area contributed by atoms with Crippen molar-refractivity contribution in [3.8, 4) is 0 Å². The molecule has 2 N–H and O–H groups in total. The van der Waals surface area contributed by atoms with E-state index in [2.05, 4.69) is 39.0 Å². The summed E-state index contributed by atoms with van der Waals surface area (Å²) >= 11 is 0. The molecule has 0 rings (SSSR count). The highest BCUT2D eigenvalue weighted by molar-refractivity contribution is 5.10. The molecule has 0 heterocycles. The van der Waals surface area contributed by atoms with Gasteiger partial charge in [0.25, 0.3) is 0 Å². The van der Waals surface area contributed by atoms with Crippen LogP contribution in [-0.4, -0.2) is 29.2 Å². The first-order valence-electron chi connectivity index (χ1n) is 11.7. The molecule has 4 unspecified atom stereocenters. The van der Waals surface area contributed by atoms with E-state index in [0.717, 1.165) is 19.3 Å². The van der Waals surface area contributed by atoms with Crippen LogP contribution in [0.15, 0.2) is 24.3 Å². The van der Waals surface area contributed by atoms with Gasteiger partial charge in [0.05, 0.1) is 12.7 Å². The van der Waals surface area contributed by atoms with Crippen LogP contribution in [0.5, 0.6) is 0 Å². The highest BCUT2D eigenvalue weighted by atomic mass is 16.6. The fourth-order valence-electron chi connectivity index (χ4n) is 3.47. The molecule has 0 saturated heterocycles. The monoisotopic (exact) mass is 396 g/mol. The van der Waals surface area contributed by atoms with E-state index in [1.54, 1.807) is 0 Å². The Bertz CT molecular complexity index is 405. The van der Waals surface area contributed by atoms with Crippen molar-refractivity contribution in [2.45, 2.75) is 118 Å². The lowest BCUT2D eigenvalue weighted by Crippen LogP contribution is -2.18. The summed E-state index contributed by atoms with van der Waals surface area (Å²) in [6.45, 7) is 10.6. The molecular weight excluding hydrogens is 348 g/mol. The summed E-state index contributed by atoms with van der Waals surface area (Å²) in [6, 6.07) is 0. The summed E-state index contributed by atoms with van der Waals surface area (Å²) in [5, 5.41) is 19.5. The molecule has 0 radical (unpaired) electrons. The molecule has 166 valence electrons. The molecule has 0 aliphatic rings. The minimum absolute atomic E-state index is 0.147. The van der Waals surface area contributed by atoms with E-state index in [-0.39, 0.29) is 18.1 Å². The van der Waals surface area contributed by atoms with Gasteiger partial charge in [-0.3, -0.25) is 0 Å². The molecule has 0 fully saturated rings. The molecule has 0 amide bonds. The Morgan fingerprint density at radius 1 is 0.929 bits per heavy atom. The lowest BCUT2D eigenvalue weighted by atomic mass is 9.87. The van der Waals surface area contributed by atoms with Crippen LogP contribution < -0.4 is 0 Å². The molecule has 0 saturated carbocycles. The van der Waals surface area contributed by atoms with Crippen LogP contribution in [-0.2, 0) is 4.74 Å². The Morgan fingerprint density at radius 2 is 1.54 bits per heavy atom. The second-order valence-corrected chi connectivity index (χ2v) is 8.58. The number of ether oxygens (including phenoxy) is 1. The van der Waals surface area contributed by atoms with E-state index < -0.39 is 6.29 Å². The fourth-order valence-corrected chi connectivity index (χ4v) is 3.47. The second-order valence-electron chi connectivity index (χ2n) is 8.58. The van der Waals surface area contributed by atoms with E-state index in [1.165, 1.54) is 51.4 Å². The van der Waals surface area contributed by atoms with Crippen molar-refractivity contribution in [2.24, 2.45) is 11.3 Å². The Kier molecular flexibility index (Phi) is 16.8. The summed E-state index contributed by atoms with van der Waals surface area (Å²) in [7, 11) is 0. The number of unbranched alkanes of at least 4 members (excludes halogenated alkanes) is 5. The van der Waals surface area contributed by atoms with Gasteiger partial charge in [0.15, 0.2) is 6.29 Å². The van der Waals surface area contributed by atoms with Gasteiger partial charge in [0.1, 0.15) is 0 Å². The van der Waals surface area contributed by atoms with Crippen molar-refractivity contribution < 1.29 is 14.9 Å². The molecule has 0 aromatic heterocycles. The van der Waals surface area contributed by atoms with E-state index in [9.17, 15) is 10.2 Å². The molecule has 3 nitrogen and oxygen atoms in total. The maximum Gasteiger partial charge on any atom is 0.154 e. The standard InChI is InChI=1S/C25H48O3/c1-6-15-23(18-20-25(5,21-26)19-7-2)16-13-11-9-10-12-14-17-24(27)28-22(4)8-3/h7,18-20,22-24,26-27H,6,8-17,21H2,1-5H3. The third kappa shape index (κ3) is 14.4. The number of rotatable bonds is 18. The van der Waals surface area contributed by atoms with Crippen molar-refractivity contribution in [1.82, 2.24) is 0 Å². The average Bonchev–Trinajstić information content (AvgIpc) is 2.68. The van der Waals surface area contributed by atoms with Gasteiger partial charge in [-0.25, -0.2) is 0 Å². The Hall–Kier alpha value is -0.640. The van der Waals surface area contributed by atoms with Crippen LogP contribution in [0.1, 0.15) is 105 Å². The summed E-state index contributed by atoms with van der Waals surface area (Å²) in [6.07, 6.45) is 20.8. The maximum atomic E-state index is 9.81. The van der Waals surface area contributed by atoms with Crippen molar-refractivity contribution in [3.63, 3.8) is 0 Å². The van der Waals surface area contributed by atoms with Gasteiger partial charge in [-0.05, 0) is 51.9 Å². The normalized spacial score (nSPS) is 17.8. The quantitative estimate of drug-likeness (QED) is 0.152. The molecular formula is C25H48O3. The van der Waals surface area contributed by atoms with Crippen molar-refractivity contribution in [3.05, 3.63) is 24.3 Å². The van der Waals surface area contributed by atoms with Crippen LogP contribution in [0.4, 0.5) is 0 Å². The summed E-state index contributed by atoms with van der Waals surface area (Å²) in [5.41, 5.74) is -0.232. The fraction of sp³-hybridized carbons (Fsp3) is 0.840. The van der Waals surface area contributed by atoms with Gasteiger partial charge < -0.3 is 14.9 Å². The smallest absolute Gasteiger partial charge is 0.154 e. The third-order valence-electron chi connectivity index (χ3n) is 5.54. The summed E-state index contributed by atoms with van der Waals surface area (Å²) < 4.78 is 5.49. The van der Waals surface area contributed by atoms with E-state index in [1.807, 2.05) is 19.9 Å². The minimum atomic E-state index is -0.594. The molecule has 4 atom stereocenters. The largest absolute Gasteiger partial charge is 0.395 e. The summed E-state index contributed by atoms with van der Waals surface area (Å²) in [5.74, 6) is 0.619. The number of allylic oxidation sites excluding steroid dienone is 2. The first-order valence-corrected chi connectivity index (χ1v) is 11.7. The lowest BCUT2D eigenvalue weighted by molar-refractivity contribution is -0.135. The second kappa shape index (κ2) is 17.2. The van der Waals surface area contributed by atoms with Crippen LogP contribution in [0.25, 0.3) is 0 Å². The van der Waals surface area contributed by atoms with Gasteiger partial charge in [-0.2, -0.15) is 0 Å². The van der Waals surface area contributed by atoms with Crippen LogP contribution in [0.2, 0.25) is 0 Å². The van der Waals surface area contributed by atoms with Gasteiger partial charge in [-0.1, -0.05) is 83.6 Å². The number of hydrogen-bond acceptors (Lipinski definition) is 3. The molecule has 0 aromatic rings. The molecule has 28 heavy (non-hydrogen) atoms. The van der Waals surface area contributed by atoms with Crippen molar-refractivity contribution in [2.75, 3.05) is 6.61 Å². The predicted molar refractivity (Wildman–Crippen MR) is 121 cm³/mol. The Labute approximate surface area is 175 Å². The van der Waals surface area contributed by atoms with Crippen molar-refractivity contribution in [1.29, 1.82) is 0 Å². The van der Waals surface area contributed by atoms with E-state index in [4.69, 9.17) is 4.74 Å². The Balaban J connectivity index is 3.96. The van der Waals surface area contributed by atoms with Gasteiger partial charge in [0, 0.05) is 5.41 Å². The SMILES string of the molecule is CC=CC(C)(C=CC(CCC)CCCCCCCCC(O)OC(C)CC)CO. The molecule has 0 aliphatic heterocycles. The zero-order chi connectivity index (χ0) is 21.3. The van der Waals surface area contributed by atoms with Gasteiger partial charge >= 0.3 is 0 Å². The third-order valence-corrected chi connectivity index (χ3v) is 5.54.